The second-order valence-corrected chi connectivity index (χ2v) is 6.70. The number of hydrogen-bond donors (Lipinski definition) is 1. The lowest BCUT2D eigenvalue weighted by molar-refractivity contribution is -0.132. The van der Waals surface area contributed by atoms with Gasteiger partial charge >= 0.3 is 0 Å². The van der Waals surface area contributed by atoms with Crippen LogP contribution in [0.5, 0.6) is 0 Å². The molecular weight excluding hydrogens is 336 g/mol. The molecule has 2 aromatic heterocycles. The van der Waals surface area contributed by atoms with Crippen molar-refractivity contribution in [2.24, 2.45) is 0 Å². The van der Waals surface area contributed by atoms with Gasteiger partial charge in [-0.15, -0.1) is 0 Å². The molecule has 1 aliphatic rings. The van der Waals surface area contributed by atoms with Gasteiger partial charge in [0, 0.05) is 24.8 Å². The quantitative estimate of drug-likeness (QED) is 0.729. The number of rotatable bonds is 4. The van der Waals surface area contributed by atoms with Crippen molar-refractivity contribution in [3.63, 3.8) is 0 Å². The van der Waals surface area contributed by atoms with E-state index in [1.165, 1.54) is 11.8 Å². The zero-order valence-corrected chi connectivity index (χ0v) is 14.5. The fourth-order valence-corrected chi connectivity index (χ4v) is 3.70. The van der Waals surface area contributed by atoms with Crippen LogP contribution in [0, 0.1) is 0 Å². The lowest BCUT2D eigenvalue weighted by Gasteiger charge is -2.26. The van der Waals surface area contributed by atoms with Gasteiger partial charge in [0.25, 0.3) is 0 Å². The van der Waals surface area contributed by atoms with Gasteiger partial charge in [-0.1, -0.05) is 23.9 Å². The third-order valence-electron chi connectivity index (χ3n) is 4.11. The van der Waals surface area contributed by atoms with E-state index >= 15 is 0 Å². The van der Waals surface area contributed by atoms with E-state index in [-0.39, 0.29) is 5.91 Å². The molecule has 4 rings (SSSR count). The van der Waals surface area contributed by atoms with Crippen molar-refractivity contribution < 1.29 is 9.53 Å². The predicted octanol–water partition coefficient (Wildman–Crippen LogP) is 2.58. The molecule has 128 valence electrons. The van der Waals surface area contributed by atoms with Crippen molar-refractivity contribution in [3.8, 4) is 11.4 Å². The molecule has 25 heavy (non-hydrogen) atoms. The topological polar surface area (TPSA) is 71.1 Å². The number of ether oxygens (including phenoxy) is 1. The minimum Gasteiger partial charge on any atom is -0.378 e. The number of thioether (sulfide) groups is 1. The minimum absolute atomic E-state index is 0.120. The zero-order chi connectivity index (χ0) is 17.1. The van der Waals surface area contributed by atoms with Gasteiger partial charge in [0.2, 0.25) is 5.91 Å². The number of hydrogen-bond acceptors (Lipinski definition) is 5. The first-order valence-electron chi connectivity index (χ1n) is 8.20. The molecule has 1 aliphatic heterocycles. The normalized spacial score (nSPS) is 14.8. The smallest absolute Gasteiger partial charge is 0.233 e. The Balaban J connectivity index is 1.53. The number of imidazole rings is 1. The Bertz CT molecular complexity index is 856. The summed E-state index contributed by atoms with van der Waals surface area (Å²) in [6, 6.07) is 11.8. The van der Waals surface area contributed by atoms with Crippen LogP contribution >= 0.6 is 11.8 Å². The average Bonchev–Trinajstić information content (AvgIpc) is 3.11. The number of fused-ring (bicyclic) bond motifs is 1. The highest BCUT2D eigenvalue weighted by molar-refractivity contribution is 8.00. The molecule has 3 aromatic rings. The van der Waals surface area contributed by atoms with Crippen molar-refractivity contribution >= 4 is 28.7 Å². The summed E-state index contributed by atoms with van der Waals surface area (Å²) in [5, 5.41) is 0.808. The van der Waals surface area contributed by atoms with Crippen molar-refractivity contribution in [2.45, 2.75) is 5.03 Å². The van der Waals surface area contributed by atoms with Gasteiger partial charge in [-0.3, -0.25) is 4.79 Å². The summed E-state index contributed by atoms with van der Waals surface area (Å²) < 4.78 is 5.29. The summed E-state index contributed by atoms with van der Waals surface area (Å²) in [6.07, 6.45) is 1.74. The van der Waals surface area contributed by atoms with Gasteiger partial charge in [-0.05, 0) is 24.3 Å². The molecule has 0 unspecified atom stereocenters. The zero-order valence-electron chi connectivity index (χ0n) is 13.6. The van der Waals surface area contributed by atoms with E-state index in [9.17, 15) is 4.79 Å². The molecule has 1 amide bonds. The first-order chi connectivity index (χ1) is 12.3. The summed E-state index contributed by atoms with van der Waals surface area (Å²) in [7, 11) is 0. The Morgan fingerprint density at radius 2 is 2.04 bits per heavy atom. The van der Waals surface area contributed by atoms with Crippen molar-refractivity contribution in [3.05, 3.63) is 42.6 Å². The van der Waals surface area contributed by atoms with Crippen molar-refractivity contribution in [1.82, 2.24) is 19.9 Å². The molecule has 0 aliphatic carbocycles. The Morgan fingerprint density at radius 3 is 2.88 bits per heavy atom. The number of benzene rings is 1. The van der Waals surface area contributed by atoms with Crippen LogP contribution in [0.3, 0.4) is 0 Å². The molecule has 0 atom stereocenters. The molecule has 0 radical (unpaired) electrons. The molecule has 0 bridgehead atoms. The second kappa shape index (κ2) is 7.25. The number of para-hydroxylation sites is 2. The molecule has 7 heteroatoms. The number of aromatic amines is 1. The number of nitrogens with zero attached hydrogens (tertiary/aromatic N) is 3. The Labute approximate surface area is 149 Å². The van der Waals surface area contributed by atoms with Gasteiger partial charge in [0.05, 0.1) is 30.0 Å². The third-order valence-corrected chi connectivity index (χ3v) is 5.10. The van der Waals surface area contributed by atoms with E-state index in [1.54, 1.807) is 6.20 Å². The standard InChI is InChI=1S/C18H18N4O2S/c23-16(22-8-10-24-11-9-22)12-25-18-13(4-3-7-19-18)17-20-14-5-1-2-6-15(14)21-17/h1-7H,8-12H2,(H,20,21). The van der Waals surface area contributed by atoms with Gasteiger partial charge in [-0.25, -0.2) is 9.97 Å². The maximum atomic E-state index is 12.4. The van der Waals surface area contributed by atoms with E-state index in [0.717, 1.165) is 27.4 Å². The first kappa shape index (κ1) is 16.1. The highest BCUT2D eigenvalue weighted by atomic mass is 32.2. The van der Waals surface area contributed by atoms with Gasteiger partial charge in [0.1, 0.15) is 10.9 Å². The fraction of sp³-hybridized carbons (Fsp3) is 0.278. The van der Waals surface area contributed by atoms with Gasteiger partial charge in [0.15, 0.2) is 0 Å². The minimum atomic E-state index is 0.120. The maximum absolute atomic E-state index is 12.4. The lowest BCUT2D eigenvalue weighted by Crippen LogP contribution is -2.41. The van der Waals surface area contributed by atoms with E-state index in [2.05, 4.69) is 15.0 Å². The van der Waals surface area contributed by atoms with Crippen LogP contribution < -0.4 is 0 Å². The number of amides is 1. The third kappa shape index (κ3) is 3.52. The van der Waals surface area contributed by atoms with Crippen LogP contribution in [0.1, 0.15) is 0 Å². The number of carbonyl (C=O) groups is 1. The second-order valence-electron chi connectivity index (χ2n) is 5.74. The summed E-state index contributed by atoms with van der Waals surface area (Å²) in [6.45, 7) is 2.56. The first-order valence-corrected chi connectivity index (χ1v) is 9.18. The maximum Gasteiger partial charge on any atom is 0.233 e. The number of nitrogens with one attached hydrogen (secondary N) is 1. The molecule has 0 saturated carbocycles. The number of carbonyl (C=O) groups excluding carboxylic acids is 1. The SMILES string of the molecule is O=C(CSc1ncccc1-c1nc2ccccc2[nH]1)N1CCOCC1. The summed E-state index contributed by atoms with van der Waals surface area (Å²) in [5.74, 6) is 1.26. The van der Waals surface area contributed by atoms with Crippen LogP contribution in [0.25, 0.3) is 22.4 Å². The van der Waals surface area contributed by atoms with Gasteiger partial charge < -0.3 is 14.6 Å². The summed E-state index contributed by atoms with van der Waals surface area (Å²) in [5.41, 5.74) is 2.82. The molecular formula is C18H18N4O2S. The Morgan fingerprint density at radius 1 is 1.20 bits per heavy atom. The molecule has 6 nitrogen and oxygen atoms in total. The van der Waals surface area contributed by atoms with E-state index in [1.807, 2.05) is 41.3 Å². The van der Waals surface area contributed by atoms with Crippen LogP contribution in [0.15, 0.2) is 47.6 Å². The molecule has 3 heterocycles. The number of pyridine rings is 1. The molecule has 1 aromatic carbocycles. The molecule has 1 N–H and O–H groups in total. The highest BCUT2D eigenvalue weighted by Gasteiger charge is 2.18. The van der Waals surface area contributed by atoms with Crippen molar-refractivity contribution in [2.75, 3.05) is 32.1 Å². The molecule has 0 spiro atoms. The van der Waals surface area contributed by atoms with Crippen molar-refractivity contribution in [1.29, 1.82) is 0 Å². The van der Waals surface area contributed by atoms with Crippen LogP contribution in [-0.4, -0.2) is 57.8 Å². The largest absolute Gasteiger partial charge is 0.378 e. The highest BCUT2D eigenvalue weighted by Crippen LogP contribution is 2.29. The number of H-pyrrole nitrogens is 1. The summed E-state index contributed by atoms with van der Waals surface area (Å²) in [4.78, 5) is 26.6. The Hall–Kier alpha value is -2.38. The monoisotopic (exact) mass is 354 g/mol. The predicted molar refractivity (Wildman–Crippen MR) is 97.4 cm³/mol. The summed E-state index contributed by atoms with van der Waals surface area (Å²) >= 11 is 1.45. The Kier molecular flexibility index (Phi) is 4.67. The molecule has 1 saturated heterocycles. The van der Waals surface area contributed by atoms with Crippen LogP contribution in [0.4, 0.5) is 0 Å². The molecule has 1 fully saturated rings. The van der Waals surface area contributed by atoms with Crippen LogP contribution in [-0.2, 0) is 9.53 Å². The van der Waals surface area contributed by atoms with Gasteiger partial charge in [-0.2, -0.15) is 0 Å². The fourth-order valence-electron chi connectivity index (χ4n) is 2.80. The number of morpholine rings is 1. The van der Waals surface area contributed by atoms with E-state index < -0.39 is 0 Å². The lowest BCUT2D eigenvalue weighted by atomic mass is 10.3. The van der Waals surface area contributed by atoms with E-state index in [4.69, 9.17) is 4.74 Å². The average molecular weight is 354 g/mol. The van der Waals surface area contributed by atoms with Crippen LogP contribution in [0.2, 0.25) is 0 Å². The number of aromatic nitrogens is 3. The van der Waals surface area contributed by atoms with E-state index in [0.29, 0.717) is 32.1 Å².